The predicted octanol–water partition coefficient (Wildman–Crippen LogP) is 4.76. The second-order valence-corrected chi connectivity index (χ2v) is 9.25. The third-order valence-electron chi connectivity index (χ3n) is 6.18. The van der Waals surface area contributed by atoms with Crippen LogP contribution in [-0.4, -0.2) is 41.3 Å². The number of nitrogens with one attached hydrogen (secondary N) is 2. The van der Waals surface area contributed by atoms with Crippen LogP contribution in [0.1, 0.15) is 74.6 Å². The number of aromatic amines is 1. The van der Waals surface area contributed by atoms with Gasteiger partial charge in [-0.1, -0.05) is 20.8 Å². The van der Waals surface area contributed by atoms with Gasteiger partial charge in [0.2, 0.25) is 0 Å². The summed E-state index contributed by atoms with van der Waals surface area (Å²) in [5.74, 6) is -0.272. The molecule has 2 aliphatic rings. The van der Waals surface area contributed by atoms with Gasteiger partial charge in [-0.3, -0.25) is 10.2 Å². The Morgan fingerprint density at radius 2 is 1.90 bits per heavy atom. The van der Waals surface area contributed by atoms with Crippen LogP contribution in [0.2, 0.25) is 0 Å². The van der Waals surface area contributed by atoms with E-state index in [1.165, 1.54) is 0 Å². The lowest BCUT2D eigenvalue weighted by molar-refractivity contribution is 0.0939. The smallest absolute Gasteiger partial charge is 0.198 e. The molecule has 7 heteroatoms. The van der Waals surface area contributed by atoms with E-state index in [0.29, 0.717) is 24.7 Å². The number of carbonyl (C=O) groups is 1. The third kappa shape index (κ3) is 3.40. The molecule has 0 amide bonds. The van der Waals surface area contributed by atoms with Crippen LogP contribution in [0.5, 0.6) is 11.5 Å². The number of amidine groups is 1. The number of Topliss-reactive ketones (excluding diaryl/α,β-unsaturated/α-hetero) is 1. The minimum absolute atomic E-state index is 0.0188. The molecular formula is C24H30FN3O3. The summed E-state index contributed by atoms with van der Waals surface area (Å²) in [5, 5.41) is 8.71. The first kappa shape index (κ1) is 21.4. The van der Waals surface area contributed by atoms with Crippen LogP contribution in [0, 0.1) is 11.2 Å². The van der Waals surface area contributed by atoms with Crippen molar-refractivity contribution in [2.45, 2.75) is 58.4 Å². The van der Waals surface area contributed by atoms with Crippen molar-refractivity contribution in [1.29, 1.82) is 5.41 Å². The van der Waals surface area contributed by atoms with Crippen LogP contribution in [0.15, 0.2) is 18.3 Å². The Morgan fingerprint density at radius 3 is 2.45 bits per heavy atom. The lowest BCUT2D eigenvalue weighted by Crippen LogP contribution is -2.38. The lowest BCUT2D eigenvalue weighted by atomic mass is 9.89. The maximum atomic E-state index is 15.5. The van der Waals surface area contributed by atoms with Crippen LogP contribution in [0.4, 0.5) is 4.39 Å². The van der Waals surface area contributed by atoms with E-state index >= 15 is 4.39 Å². The Bertz CT molecular complexity index is 1050. The Morgan fingerprint density at radius 1 is 1.23 bits per heavy atom. The summed E-state index contributed by atoms with van der Waals surface area (Å²) in [6.45, 7) is 10.6. The number of benzene rings is 1. The van der Waals surface area contributed by atoms with E-state index in [2.05, 4.69) is 25.8 Å². The molecule has 0 bridgehead atoms. The second kappa shape index (κ2) is 7.39. The Hall–Kier alpha value is -2.83. The zero-order valence-corrected chi connectivity index (χ0v) is 18.8. The Labute approximate surface area is 182 Å². The highest BCUT2D eigenvalue weighted by molar-refractivity contribution is 6.07. The number of aromatic nitrogens is 1. The number of carbonyl (C=O) groups excluding carboxylic acids is 1. The fourth-order valence-electron chi connectivity index (χ4n) is 4.35. The van der Waals surface area contributed by atoms with Gasteiger partial charge in [-0.15, -0.1) is 0 Å². The van der Waals surface area contributed by atoms with Gasteiger partial charge in [-0.25, -0.2) is 4.39 Å². The summed E-state index contributed by atoms with van der Waals surface area (Å²) >= 11 is 0. The van der Waals surface area contributed by atoms with E-state index in [9.17, 15) is 4.79 Å². The van der Waals surface area contributed by atoms with E-state index in [4.69, 9.17) is 14.9 Å². The molecule has 1 saturated carbocycles. The number of hydrogen-bond acceptors (Lipinski definition) is 4. The fourth-order valence-corrected chi connectivity index (χ4v) is 4.35. The van der Waals surface area contributed by atoms with Crippen LogP contribution >= 0.6 is 0 Å². The summed E-state index contributed by atoms with van der Waals surface area (Å²) in [6.07, 6.45) is 3.39. The first-order valence-corrected chi connectivity index (χ1v) is 10.8. The predicted molar refractivity (Wildman–Crippen MR) is 117 cm³/mol. The molecule has 0 saturated heterocycles. The van der Waals surface area contributed by atoms with Gasteiger partial charge in [0.15, 0.2) is 23.1 Å². The van der Waals surface area contributed by atoms with Crippen molar-refractivity contribution in [2.75, 3.05) is 19.8 Å². The summed E-state index contributed by atoms with van der Waals surface area (Å²) in [6, 6.07) is 3.67. The summed E-state index contributed by atoms with van der Waals surface area (Å²) in [5.41, 5.74) is 1.91. The van der Waals surface area contributed by atoms with Crippen molar-refractivity contribution in [3.05, 3.63) is 46.5 Å². The molecule has 2 N–H and O–H groups in total. The number of fused-ring (bicyclic) bond motifs is 2. The minimum atomic E-state index is -0.580. The van der Waals surface area contributed by atoms with Crippen LogP contribution in [0.25, 0.3) is 0 Å². The van der Waals surface area contributed by atoms with Gasteiger partial charge in [-0.2, -0.15) is 0 Å². The van der Waals surface area contributed by atoms with Gasteiger partial charge < -0.3 is 19.4 Å². The molecule has 6 nitrogen and oxygen atoms in total. The average molecular weight is 428 g/mol. The van der Waals surface area contributed by atoms with Gasteiger partial charge in [0.25, 0.3) is 0 Å². The van der Waals surface area contributed by atoms with Crippen molar-refractivity contribution in [2.24, 2.45) is 0 Å². The molecule has 1 spiro atoms. The van der Waals surface area contributed by atoms with Crippen molar-refractivity contribution in [1.82, 2.24) is 9.88 Å². The number of hydrogen-bond donors (Lipinski definition) is 2. The van der Waals surface area contributed by atoms with Gasteiger partial charge in [0.05, 0.1) is 36.6 Å². The van der Waals surface area contributed by atoms with Crippen LogP contribution in [0.3, 0.4) is 0 Å². The van der Waals surface area contributed by atoms with Crippen molar-refractivity contribution in [3.63, 3.8) is 0 Å². The van der Waals surface area contributed by atoms with Crippen LogP contribution in [-0.2, 0) is 11.0 Å². The van der Waals surface area contributed by atoms with Gasteiger partial charge in [0.1, 0.15) is 5.84 Å². The normalized spacial score (nSPS) is 16.6. The van der Waals surface area contributed by atoms with Gasteiger partial charge >= 0.3 is 0 Å². The minimum Gasteiger partial charge on any atom is -0.490 e. The SMILES string of the molecule is CCOc1cc2c(c(F)c1OCC)C(=N)N(CC(=O)c1cc(C(C)(C)C)c[nH]1)C21CC1. The monoisotopic (exact) mass is 427 g/mol. The molecule has 1 aliphatic heterocycles. The quantitative estimate of drug-likeness (QED) is 0.625. The van der Waals surface area contributed by atoms with Gasteiger partial charge in [0, 0.05) is 6.20 Å². The molecule has 1 aromatic heterocycles. The fraction of sp³-hybridized carbons (Fsp3) is 0.500. The molecule has 2 heterocycles. The third-order valence-corrected chi connectivity index (χ3v) is 6.18. The molecule has 166 valence electrons. The van der Waals surface area contributed by atoms with Crippen molar-refractivity contribution in [3.8, 4) is 11.5 Å². The van der Waals surface area contributed by atoms with Crippen LogP contribution < -0.4 is 9.47 Å². The Balaban J connectivity index is 1.68. The summed E-state index contributed by atoms with van der Waals surface area (Å²) in [4.78, 5) is 17.9. The first-order valence-electron chi connectivity index (χ1n) is 10.8. The molecular weight excluding hydrogens is 397 g/mol. The summed E-state index contributed by atoms with van der Waals surface area (Å²) in [7, 11) is 0. The van der Waals surface area contributed by atoms with E-state index < -0.39 is 11.4 Å². The standard InChI is InChI=1S/C24H30FN3O3/c1-6-30-18-11-15-19(20(25)21(18)31-7-2)22(26)28(24(15)8-9-24)13-17(29)16-10-14(12-27-16)23(3,4)5/h10-12,26-27H,6-9,13H2,1-5H3. The number of rotatable bonds is 7. The molecule has 1 aliphatic carbocycles. The highest BCUT2D eigenvalue weighted by Crippen LogP contribution is 2.58. The average Bonchev–Trinajstić information content (AvgIpc) is 3.26. The van der Waals surface area contributed by atoms with Gasteiger partial charge in [-0.05, 0) is 55.4 Å². The largest absolute Gasteiger partial charge is 0.490 e. The van der Waals surface area contributed by atoms with E-state index in [0.717, 1.165) is 24.0 Å². The maximum Gasteiger partial charge on any atom is 0.198 e. The number of H-pyrrole nitrogens is 1. The number of ketones is 1. The maximum absolute atomic E-state index is 15.5. The molecule has 1 fully saturated rings. The molecule has 2 aromatic rings. The Kier molecular flexibility index (Phi) is 5.10. The van der Waals surface area contributed by atoms with Crippen molar-refractivity contribution >= 4 is 11.6 Å². The van der Waals surface area contributed by atoms with E-state index in [1.807, 2.05) is 19.2 Å². The molecule has 4 rings (SSSR count). The van der Waals surface area contributed by atoms with E-state index in [-0.39, 0.29) is 34.9 Å². The molecule has 0 atom stereocenters. The molecule has 31 heavy (non-hydrogen) atoms. The molecule has 0 radical (unpaired) electrons. The number of halogens is 1. The highest BCUT2D eigenvalue weighted by Gasteiger charge is 2.58. The zero-order valence-electron chi connectivity index (χ0n) is 18.8. The molecule has 0 unspecified atom stereocenters. The number of ether oxygens (including phenoxy) is 2. The lowest BCUT2D eigenvalue weighted by Gasteiger charge is -2.26. The zero-order chi connectivity index (χ0) is 22.6. The van der Waals surface area contributed by atoms with Crippen molar-refractivity contribution < 1.29 is 18.7 Å². The topological polar surface area (TPSA) is 78.4 Å². The first-order chi connectivity index (χ1) is 14.6. The van der Waals surface area contributed by atoms with E-state index in [1.54, 1.807) is 17.9 Å². The number of nitrogens with zero attached hydrogens (tertiary/aromatic N) is 1. The highest BCUT2D eigenvalue weighted by atomic mass is 19.1. The molecule has 1 aromatic carbocycles. The second-order valence-electron chi connectivity index (χ2n) is 9.25. The summed E-state index contributed by atoms with van der Waals surface area (Å²) < 4.78 is 26.6.